The quantitative estimate of drug-likeness (QED) is 0.596. The number of hydrogen-bond donors (Lipinski definition) is 2. The molecule has 0 radical (unpaired) electrons. The molecule has 7 nitrogen and oxygen atoms in total. The fraction of sp³-hybridized carbons (Fsp3) is 0.481. The largest absolute Gasteiger partial charge is 0.380 e. The minimum Gasteiger partial charge on any atom is -0.380 e. The van der Waals surface area contributed by atoms with Crippen LogP contribution in [0.5, 0.6) is 0 Å². The molecule has 0 spiro atoms. The zero-order valence-electron chi connectivity index (χ0n) is 20.7. The van der Waals surface area contributed by atoms with E-state index >= 15 is 0 Å². The highest BCUT2D eigenvalue weighted by atomic mass is 35.5. The van der Waals surface area contributed by atoms with Crippen molar-refractivity contribution in [3.63, 3.8) is 0 Å². The van der Waals surface area contributed by atoms with Crippen molar-refractivity contribution in [1.29, 1.82) is 0 Å². The SMILES string of the molecule is C[C@@](O)(C(=O)N1CCC(N2CC(Nc3ccc(C(=O)N4CC(F)(F)C4)c(Cl)c3)C2)CC1)c1ccccc1. The number of benzene rings is 2. The molecule has 0 aromatic heterocycles. The monoisotopic (exact) mass is 532 g/mol. The Morgan fingerprint density at radius 1 is 1.05 bits per heavy atom. The highest BCUT2D eigenvalue weighted by Crippen LogP contribution is 2.32. The molecule has 3 aliphatic heterocycles. The van der Waals surface area contributed by atoms with Crippen LogP contribution in [0, 0.1) is 0 Å². The molecule has 37 heavy (non-hydrogen) atoms. The van der Waals surface area contributed by atoms with Gasteiger partial charge < -0.3 is 20.2 Å². The van der Waals surface area contributed by atoms with Gasteiger partial charge in [-0.15, -0.1) is 0 Å². The molecule has 3 heterocycles. The summed E-state index contributed by atoms with van der Waals surface area (Å²) in [6, 6.07) is 14.6. The molecule has 3 aliphatic rings. The second-order valence-corrected chi connectivity index (χ2v) is 10.9. The fourth-order valence-corrected chi connectivity index (χ4v) is 5.63. The lowest BCUT2D eigenvalue weighted by Crippen LogP contribution is -2.61. The van der Waals surface area contributed by atoms with Gasteiger partial charge in [0.25, 0.3) is 17.7 Å². The van der Waals surface area contributed by atoms with Crippen molar-refractivity contribution in [3.05, 3.63) is 64.7 Å². The van der Waals surface area contributed by atoms with Gasteiger partial charge in [0, 0.05) is 37.9 Å². The molecule has 5 rings (SSSR count). The average Bonchev–Trinajstić information content (AvgIpc) is 2.84. The lowest BCUT2D eigenvalue weighted by Gasteiger charge is -2.48. The molecule has 2 aromatic carbocycles. The Kier molecular flexibility index (Phi) is 6.89. The van der Waals surface area contributed by atoms with Crippen LogP contribution in [-0.2, 0) is 10.4 Å². The lowest BCUT2D eigenvalue weighted by atomic mass is 9.92. The van der Waals surface area contributed by atoms with E-state index in [0.717, 1.165) is 36.5 Å². The number of amides is 2. The third-order valence-corrected chi connectivity index (χ3v) is 7.94. The van der Waals surface area contributed by atoms with E-state index in [1.54, 1.807) is 42.2 Å². The molecular formula is C27H31ClF2N4O3. The number of piperidine rings is 1. The third-order valence-electron chi connectivity index (χ3n) is 7.63. The maximum atomic E-state index is 13.1. The smallest absolute Gasteiger partial charge is 0.282 e. The first-order chi connectivity index (χ1) is 17.5. The van der Waals surface area contributed by atoms with Crippen LogP contribution in [0.25, 0.3) is 0 Å². The molecule has 0 unspecified atom stereocenters. The number of halogens is 3. The summed E-state index contributed by atoms with van der Waals surface area (Å²) in [6.45, 7) is 3.33. The first-order valence-electron chi connectivity index (χ1n) is 12.6. The van der Waals surface area contributed by atoms with Crippen LogP contribution < -0.4 is 5.32 Å². The molecule has 2 N–H and O–H groups in total. The van der Waals surface area contributed by atoms with Gasteiger partial charge >= 0.3 is 0 Å². The summed E-state index contributed by atoms with van der Waals surface area (Å²) in [5, 5.41) is 14.5. The van der Waals surface area contributed by atoms with E-state index < -0.39 is 30.5 Å². The van der Waals surface area contributed by atoms with E-state index in [1.165, 1.54) is 0 Å². The molecule has 0 aliphatic carbocycles. The van der Waals surface area contributed by atoms with Gasteiger partial charge in [0.05, 0.1) is 29.7 Å². The number of nitrogens with zero attached hydrogens (tertiary/aromatic N) is 3. The second kappa shape index (κ2) is 9.85. The summed E-state index contributed by atoms with van der Waals surface area (Å²) < 4.78 is 26.2. The van der Waals surface area contributed by atoms with Crippen molar-refractivity contribution in [1.82, 2.24) is 14.7 Å². The Hall–Kier alpha value is -2.75. The van der Waals surface area contributed by atoms with Crippen LogP contribution in [-0.4, -0.2) is 88.9 Å². The predicted molar refractivity (Wildman–Crippen MR) is 137 cm³/mol. The summed E-state index contributed by atoms with van der Waals surface area (Å²) in [7, 11) is 0. The predicted octanol–water partition coefficient (Wildman–Crippen LogP) is 3.43. The number of aliphatic hydroxyl groups is 1. The molecule has 1 atom stereocenters. The maximum absolute atomic E-state index is 13.1. The first kappa shape index (κ1) is 25.9. The van der Waals surface area contributed by atoms with Crippen molar-refractivity contribution in [2.45, 2.75) is 43.4 Å². The first-order valence-corrected chi connectivity index (χ1v) is 13.0. The number of carbonyl (C=O) groups excluding carboxylic acids is 2. The van der Waals surface area contributed by atoms with Gasteiger partial charge in [-0.2, -0.15) is 0 Å². The molecule has 198 valence electrons. The Labute approximate surface area is 220 Å². The summed E-state index contributed by atoms with van der Waals surface area (Å²) >= 11 is 6.29. The van der Waals surface area contributed by atoms with Crippen molar-refractivity contribution in [3.8, 4) is 0 Å². The zero-order valence-corrected chi connectivity index (χ0v) is 21.4. The van der Waals surface area contributed by atoms with Gasteiger partial charge in [0.15, 0.2) is 5.60 Å². The van der Waals surface area contributed by atoms with E-state index in [0.29, 0.717) is 24.7 Å². The third kappa shape index (κ3) is 5.30. The molecule has 2 amide bonds. The zero-order chi connectivity index (χ0) is 26.4. The topological polar surface area (TPSA) is 76.1 Å². The summed E-state index contributed by atoms with van der Waals surface area (Å²) in [5.74, 6) is -3.55. The van der Waals surface area contributed by atoms with E-state index in [-0.39, 0.29) is 22.5 Å². The number of anilines is 1. The van der Waals surface area contributed by atoms with E-state index in [1.807, 2.05) is 18.2 Å². The van der Waals surface area contributed by atoms with Crippen molar-refractivity contribution < 1.29 is 23.5 Å². The normalized spacial score (nSPS) is 22.1. The summed E-state index contributed by atoms with van der Waals surface area (Å²) in [5.41, 5.74) is 0.0642. The van der Waals surface area contributed by atoms with Crippen molar-refractivity contribution in [2.75, 3.05) is 44.6 Å². The van der Waals surface area contributed by atoms with E-state index in [4.69, 9.17) is 11.6 Å². The number of hydrogen-bond acceptors (Lipinski definition) is 5. The summed E-state index contributed by atoms with van der Waals surface area (Å²) in [6.07, 6.45) is 1.70. The molecule has 2 aromatic rings. The second-order valence-electron chi connectivity index (χ2n) is 10.5. The van der Waals surface area contributed by atoms with Gasteiger partial charge in [-0.25, -0.2) is 8.78 Å². The van der Waals surface area contributed by atoms with Crippen molar-refractivity contribution in [2.24, 2.45) is 0 Å². The number of likely N-dealkylation sites (tertiary alicyclic amines) is 3. The van der Waals surface area contributed by atoms with Crippen molar-refractivity contribution >= 4 is 29.1 Å². The van der Waals surface area contributed by atoms with Gasteiger partial charge in [-0.3, -0.25) is 14.5 Å². The van der Waals surface area contributed by atoms with Crippen LogP contribution in [0.3, 0.4) is 0 Å². The minimum atomic E-state index is -2.81. The lowest BCUT2D eigenvalue weighted by molar-refractivity contribution is -0.152. The van der Waals surface area contributed by atoms with Crippen LogP contribution in [0.15, 0.2) is 48.5 Å². The highest BCUT2D eigenvalue weighted by molar-refractivity contribution is 6.34. The number of rotatable bonds is 6. The molecule has 3 saturated heterocycles. The van der Waals surface area contributed by atoms with Crippen LogP contribution in [0.2, 0.25) is 5.02 Å². The van der Waals surface area contributed by atoms with Crippen LogP contribution >= 0.6 is 11.6 Å². The number of alkyl halides is 2. The Morgan fingerprint density at radius 3 is 2.30 bits per heavy atom. The Balaban J connectivity index is 1.08. The Bertz CT molecular complexity index is 1160. The Morgan fingerprint density at radius 2 is 1.70 bits per heavy atom. The molecule has 10 heteroatoms. The number of carbonyl (C=O) groups is 2. The van der Waals surface area contributed by atoms with Gasteiger partial charge in [-0.1, -0.05) is 41.9 Å². The minimum absolute atomic E-state index is 0.227. The fourth-order valence-electron chi connectivity index (χ4n) is 5.37. The highest BCUT2D eigenvalue weighted by Gasteiger charge is 2.46. The standard InChI is InChI=1S/C27H31ClF2N4O3/c1-26(37,18-5-3-2-4-6-18)25(36)32-11-9-21(10-12-32)33-14-20(15-33)31-19-7-8-22(23(28)13-19)24(35)34-16-27(29,30)17-34/h2-8,13,20-21,31,37H,9-12,14-17H2,1H3/t26-/m0/s1. The maximum Gasteiger partial charge on any atom is 0.282 e. The van der Waals surface area contributed by atoms with Gasteiger partial charge in [0.1, 0.15) is 0 Å². The summed E-state index contributed by atoms with van der Waals surface area (Å²) in [4.78, 5) is 30.6. The van der Waals surface area contributed by atoms with Crippen LogP contribution in [0.4, 0.5) is 14.5 Å². The van der Waals surface area contributed by atoms with E-state index in [9.17, 15) is 23.5 Å². The average molecular weight is 533 g/mol. The molecule has 0 saturated carbocycles. The number of nitrogens with one attached hydrogen (secondary N) is 1. The molecular weight excluding hydrogens is 502 g/mol. The van der Waals surface area contributed by atoms with Gasteiger partial charge in [0.2, 0.25) is 0 Å². The molecule has 3 fully saturated rings. The van der Waals surface area contributed by atoms with E-state index in [2.05, 4.69) is 10.2 Å². The van der Waals surface area contributed by atoms with Gasteiger partial charge in [-0.05, 0) is 43.5 Å². The molecule has 0 bridgehead atoms. The van der Waals surface area contributed by atoms with Crippen LogP contribution in [0.1, 0.15) is 35.7 Å².